The molecular formula is C21H22N2O. The molecule has 1 aromatic heterocycles. The third kappa shape index (κ3) is 3.54. The molecule has 0 amide bonds. The Bertz CT molecular complexity index is 780. The summed E-state index contributed by atoms with van der Waals surface area (Å²) in [6, 6.07) is 9.90. The van der Waals surface area contributed by atoms with Gasteiger partial charge in [0.25, 0.3) is 0 Å². The quantitative estimate of drug-likeness (QED) is 0.674. The Hall–Kier alpha value is -2.47. The van der Waals surface area contributed by atoms with Crippen LogP contribution in [0.2, 0.25) is 0 Å². The lowest BCUT2D eigenvalue weighted by Crippen LogP contribution is -2.28. The number of benzene rings is 1. The van der Waals surface area contributed by atoms with Gasteiger partial charge in [-0.1, -0.05) is 37.1 Å². The Morgan fingerprint density at radius 2 is 1.92 bits per heavy atom. The minimum absolute atomic E-state index is 0.318. The molecule has 3 rings (SSSR count). The number of carbonyl (C=O) groups excluding carboxylic acids is 1. The summed E-state index contributed by atoms with van der Waals surface area (Å²) in [5.41, 5.74) is 3.06. The predicted octanol–water partition coefficient (Wildman–Crippen LogP) is 5.34. The van der Waals surface area contributed by atoms with Gasteiger partial charge in [-0.15, -0.1) is 0 Å². The van der Waals surface area contributed by atoms with Gasteiger partial charge in [0.05, 0.1) is 6.57 Å². The number of aromatic nitrogens is 1. The molecule has 0 saturated heterocycles. The number of Topliss-reactive ketones (excluding diaryl/α,β-unsaturated/α-hetero) is 1. The highest BCUT2D eigenvalue weighted by molar-refractivity contribution is 5.89. The van der Waals surface area contributed by atoms with Crippen LogP contribution < -0.4 is 0 Å². The maximum absolute atomic E-state index is 12.6. The minimum Gasteiger partial charge on any atom is -0.299 e. The number of hydrogen-bond donors (Lipinski definition) is 0. The molecule has 1 aromatic carbocycles. The number of ketones is 1. The zero-order valence-corrected chi connectivity index (χ0v) is 14.2. The standard InChI is InChI=1S/C21H22N2O/c1-21(2,20(24)11-6-15-4-5-15)18-9-7-16(8-10-18)17-12-19(22-3)14-23-13-17/h7-10,12-15H,4-6,11H2,1-2H3. The van der Waals surface area contributed by atoms with Gasteiger partial charge < -0.3 is 0 Å². The molecule has 0 atom stereocenters. The average Bonchev–Trinajstić information content (AvgIpc) is 3.44. The molecule has 1 aliphatic carbocycles. The summed E-state index contributed by atoms with van der Waals surface area (Å²) in [7, 11) is 0. The Morgan fingerprint density at radius 3 is 2.54 bits per heavy atom. The first-order chi connectivity index (χ1) is 11.5. The zero-order valence-electron chi connectivity index (χ0n) is 14.2. The fraction of sp³-hybridized carbons (Fsp3) is 0.381. The van der Waals surface area contributed by atoms with E-state index in [1.807, 2.05) is 44.2 Å². The fourth-order valence-corrected chi connectivity index (χ4v) is 2.94. The van der Waals surface area contributed by atoms with Gasteiger partial charge >= 0.3 is 0 Å². The molecule has 0 spiro atoms. The van der Waals surface area contributed by atoms with Crippen LogP contribution in [0.25, 0.3) is 16.0 Å². The minimum atomic E-state index is -0.454. The van der Waals surface area contributed by atoms with Gasteiger partial charge in [-0.2, -0.15) is 0 Å². The molecule has 0 bridgehead atoms. The zero-order chi connectivity index (χ0) is 17.2. The van der Waals surface area contributed by atoms with Crippen LogP contribution >= 0.6 is 0 Å². The highest BCUT2D eigenvalue weighted by Crippen LogP contribution is 2.36. The molecule has 1 heterocycles. The normalized spacial score (nSPS) is 14.2. The second kappa shape index (κ2) is 6.57. The van der Waals surface area contributed by atoms with Crippen LogP contribution in [-0.4, -0.2) is 10.8 Å². The first kappa shape index (κ1) is 16.4. The first-order valence-electron chi connectivity index (χ1n) is 8.47. The Labute approximate surface area is 143 Å². The molecule has 3 nitrogen and oxygen atoms in total. The summed E-state index contributed by atoms with van der Waals surface area (Å²) in [6.45, 7) is 11.1. The van der Waals surface area contributed by atoms with E-state index in [4.69, 9.17) is 6.57 Å². The van der Waals surface area contributed by atoms with Crippen LogP contribution in [0.15, 0.2) is 42.7 Å². The van der Waals surface area contributed by atoms with E-state index < -0.39 is 5.41 Å². The predicted molar refractivity (Wildman–Crippen MR) is 95.9 cm³/mol. The second-order valence-electron chi connectivity index (χ2n) is 7.15. The van der Waals surface area contributed by atoms with Crippen LogP contribution in [0.4, 0.5) is 5.69 Å². The molecule has 24 heavy (non-hydrogen) atoms. The monoisotopic (exact) mass is 318 g/mol. The van der Waals surface area contributed by atoms with Crippen molar-refractivity contribution >= 4 is 11.5 Å². The van der Waals surface area contributed by atoms with Crippen molar-refractivity contribution in [1.82, 2.24) is 4.98 Å². The van der Waals surface area contributed by atoms with E-state index in [0.717, 1.165) is 29.0 Å². The van der Waals surface area contributed by atoms with Gasteiger partial charge in [0, 0.05) is 24.2 Å². The SMILES string of the molecule is [C-]#[N+]c1cncc(-c2ccc(C(C)(C)C(=O)CCC3CC3)cc2)c1. The van der Waals surface area contributed by atoms with Crippen molar-refractivity contribution in [3.8, 4) is 11.1 Å². The van der Waals surface area contributed by atoms with E-state index in [9.17, 15) is 4.79 Å². The van der Waals surface area contributed by atoms with Crippen LogP contribution in [-0.2, 0) is 10.2 Å². The Morgan fingerprint density at radius 1 is 1.21 bits per heavy atom. The fourth-order valence-electron chi connectivity index (χ4n) is 2.94. The Balaban J connectivity index is 1.77. The molecule has 1 aliphatic rings. The molecule has 0 aliphatic heterocycles. The summed E-state index contributed by atoms with van der Waals surface area (Å²) < 4.78 is 0. The lowest BCUT2D eigenvalue weighted by atomic mass is 9.78. The summed E-state index contributed by atoms with van der Waals surface area (Å²) >= 11 is 0. The van der Waals surface area contributed by atoms with E-state index in [2.05, 4.69) is 9.83 Å². The summed E-state index contributed by atoms with van der Waals surface area (Å²) in [5, 5.41) is 0. The maximum Gasteiger partial charge on any atom is 0.205 e. The number of pyridine rings is 1. The van der Waals surface area contributed by atoms with Crippen molar-refractivity contribution in [2.24, 2.45) is 5.92 Å². The van der Waals surface area contributed by atoms with E-state index in [1.165, 1.54) is 12.8 Å². The van der Waals surface area contributed by atoms with Crippen molar-refractivity contribution in [1.29, 1.82) is 0 Å². The molecule has 1 saturated carbocycles. The lowest BCUT2D eigenvalue weighted by Gasteiger charge is -2.24. The molecule has 1 fully saturated rings. The molecule has 0 unspecified atom stereocenters. The Kier molecular flexibility index (Phi) is 4.49. The van der Waals surface area contributed by atoms with Gasteiger partial charge in [-0.3, -0.25) is 9.78 Å². The van der Waals surface area contributed by atoms with Crippen molar-refractivity contribution < 1.29 is 4.79 Å². The highest BCUT2D eigenvalue weighted by Gasteiger charge is 2.31. The van der Waals surface area contributed by atoms with Gasteiger partial charge in [0.15, 0.2) is 0 Å². The van der Waals surface area contributed by atoms with Crippen molar-refractivity contribution in [2.45, 2.75) is 44.9 Å². The lowest BCUT2D eigenvalue weighted by molar-refractivity contribution is -0.123. The number of rotatable bonds is 6. The van der Waals surface area contributed by atoms with Crippen molar-refractivity contribution in [3.05, 3.63) is 59.7 Å². The van der Waals surface area contributed by atoms with E-state index in [1.54, 1.807) is 12.4 Å². The largest absolute Gasteiger partial charge is 0.299 e. The summed E-state index contributed by atoms with van der Waals surface area (Å²) in [5.74, 6) is 1.10. The maximum atomic E-state index is 12.6. The van der Waals surface area contributed by atoms with Crippen LogP contribution in [0.3, 0.4) is 0 Å². The van der Waals surface area contributed by atoms with Gasteiger partial charge in [-0.05, 0) is 48.9 Å². The average molecular weight is 318 g/mol. The van der Waals surface area contributed by atoms with Gasteiger partial charge in [-0.25, -0.2) is 4.85 Å². The van der Waals surface area contributed by atoms with E-state index in [0.29, 0.717) is 17.9 Å². The highest BCUT2D eigenvalue weighted by atomic mass is 16.1. The molecule has 3 heteroatoms. The number of nitrogens with zero attached hydrogens (tertiary/aromatic N) is 2. The van der Waals surface area contributed by atoms with Crippen molar-refractivity contribution in [2.75, 3.05) is 0 Å². The molecule has 0 N–H and O–H groups in total. The third-order valence-corrected chi connectivity index (χ3v) is 4.97. The summed E-state index contributed by atoms with van der Waals surface area (Å²) in [6.07, 6.45) is 7.62. The molecular weight excluding hydrogens is 296 g/mol. The van der Waals surface area contributed by atoms with Crippen molar-refractivity contribution in [3.63, 3.8) is 0 Å². The number of hydrogen-bond acceptors (Lipinski definition) is 2. The smallest absolute Gasteiger partial charge is 0.205 e. The van der Waals surface area contributed by atoms with Crippen LogP contribution in [0.1, 0.15) is 45.1 Å². The van der Waals surface area contributed by atoms with E-state index in [-0.39, 0.29) is 0 Å². The number of carbonyl (C=O) groups is 1. The first-order valence-corrected chi connectivity index (χ1v) is 8.47. The van der Waals surface area contributed by atoms with Gasteiger partial charge in [0.2, 0.25) is 5.69 Å². The third-order valence-electron chi connectivity index (χ3n) is 4.97. The van der Waals surface area contributed by atoms with E-state index >= 15 is 0 Å². The van der Waals surface area contributed by atoms with Crippen LogP contribution in [0, 0.1) is 12.5 Å². The molecule has 0 radical (unpaired) electrons. The second-order valence-corrected chi connectivity index (χ2v) is 7.15. The van der Waals surface area contributed by atoms with Crippen LogP contribution in [0.5, 0.6) is 0 Å². The van der Waals surface area contributed by atoms with Gasteiger partial charge in [0.1, 0.15) is 5.78 Å². The summed E-state index contributed by atoms with van der Waals surface area (Å²) in [4.78, 5) is 20.1. The molecule has 122 valence electrons. The topological polar surface area (TPSA) is 34.3 Å². The molecule has 2 aromatic rings.